The van der Waals surface area contributed by atoms with Crippen molar-refractivity contribution in [2.75, 3.05) is 0 Å². The molecule has 1 aliphatic carbocycles. The van der Waals surface area contributed by atoms with Crippen LogP contribution in [0.4, 0.5) is 0 Å². The lowest BCUT2D eigenvalue weighted by Gasteiger charge is -2.30. The second-order valence-corrected chi connectivity index (χ2v) is 5.75. The Morgan fingerprint density at radius 2 is 2.19 bits per heavy atom. The molecule has 84 valence electrons. The number of nitrogens with two attached hydrogens (primary N) is 1. The lowest BCUT2D eigenvalue weighted by Crippen LogP contribution is -2.36. The van der Waals surface area contributed by atoms with Crippen LogP contribution in [0.1, 0.15) is 24.3 Å². The van der Waals surface area contributed by atoms with E-state index in [1.54, 1.807) is 11.3 Å². The van der Waals surface area contributed by atoms with Crippen molar-refractivity contribution < 1.29 is 0 Å². The largest absolute Gasteiger partial charge is 0.327 e. The Bertz CT molecular complexity index is 454. The van der Waals surface area contributed by atoms with Gasteiger partial charge in [-0.25, -0.2) is 4.98 Å². The molecular weight excluding hydrogens is 216 g/mol. The highest BCUT2D eigenvalue weighted by Gasteiger charge is 2.25. The first-order valence-electron chi connectivity index (χ1n) is 5.93. The summed E-state index contributed by atoms with van der Waals surface area (Å²) < 4.78 is 1.28. The molecule has 3 rings (SSSR count). The molecule has 0 aliphatic heterocycles. The Labute approximate surface area is 99.5 Å². The van der Waals surface area contributed by atoms with Crippen LogP contribution in [-0.2, 0) is 6.42 Å². The maximum atomic E-state index is 6.20. The highest BCUT2D eigenvalue weighted by Crippen LogP contribution is 2.31. The second-order valence-electron chi connectivity index (χ2n) is 4.63. The molecule has 2 N–H and O–H groups in total. The zero-order valence-electron chi connectivity index (χ0n) is 9.23. The molecule has 1 unspecified atom stereocenters. The van der Waals surface area contributed by atoms with Gasteiger partial charge in [-0.3, -0.25) is 0 Å². The highest BCUT2D eigenvalue weighted by atomic mass is 32.1. The van der Waals surface area contributed by atoms with Crippen molar-refractivity contribution in [3.63, 3.8) is 0 Å². The molecule has 3 heteroatoms. The van der Waals surface area contributed by atoms with Crippen LogP contribution in [0.25, 0.3) is 10.2 Å². The Kier molecular flexibility index (Phi) is 2.65. The van der Waals surface area contributed by atoms with Gasteiger partial charge in [0.2, 0.25) is 0 Å². The van der Waals surface area contributed by atoms with E-state index in [1.165, 1.54) is 29.0 Å². The summed E-state index contributed by atoms with van der Waals surface area (Å²) in [6, 6.07) is 8.62. The van der Waals surface area contributed by atoms with Crippen molar-refractivity contribution in [1.29, 1.82) is 0 Å². The van der Waals surface area contributed by atoms with Crippen molar-refractivity contribution >= 4 is 21.6 Å². The first kappa shape index (κ1) is 10.2. The van der Waals surface area contributed by atoms with E-state index in [9.17, 15) is 0 Å². The molecule has 0 spiro atoms. The van der Waals surface area contributed by atoms with Gasteiger partial charge in [-0.1, -0.05) is 18.6 Å². The van der Waals surface area contributed by atoms with Crippen LogP contribution >= 0.6 is 11.3 Å². The van der Waals surface area contributed by atoms with Gasteiger partial charge in [-0.05, 0) is 30.9 Å². The Morgan fingerprint density at radius 3 is 2.88 bits per heavy atom. The molecule has 0 amide bonds. The van der Waals surface area contributed by atoms with Gasteiger partial charge in [0.1, 0.15) is 0 Å². The summed E-state index contributed by atoms with van der Waals surface area (Å²) in [5, 5.41) is 1.20. The van der Waals surface area contributed by atoms with Gasteiger partial charge >= 0.3 is 0 Å². The summed E-state index contributed by atoms with van der Waals surface area (Å²) in [6.45, 7) is 0. The molecule has 1 fully saturated rings. The number of aromatic nitrogens is 1. The Balaban J connectivity index is 1.78. The third-order valence-electron chi connectivity index (χ3n) is 3.50. The van der Waals surface area contributed by atoms with E-state index < -0.39 is 0 Å². The lowest BCUT2D eigenvalue weighted by atomic mass is 9.79. The van der Waals surface area contributed by atoms with E-state index in [0.29, 0.717) is 6.04 Å². The molecule has 2 nitrogen and oxygen atoms in total. The molecule has 16 heavy (non-hydrogen) atoms. The number of hydrogen-bond donors (Lipinski definition) is 1. The number of benzene rings is 1. The fourth-order valence-electron chi connectivity index (χ4n) is 2.24. The summed E-state index contributed by atoms with van der Waals surface area (Å²) >= 11 is 1.79. The van der Waals surface area contributed by atoms with E-state index in [2.05, 4.69) is 23.2 Å². The third-order valence-corrected chi connectivity index (χ3v) is 4.56. The van der Waals surface area contributed by atoms with Crippen LogP contribution in [0, 0.1) is 5.92 Å². The molecule has 1 atom stereocenters. The van der Waals surface area contributed by atoms with Gasteiger partial charge in [0.25, 0.3) is 0 Å². The number of nitrogens with zero attached hydrogens (tertiary/aromatic N) is 1. The summed E-state index contributed by atoms with van der Waals surface area (Å²) in [6.07, 6.45) is 4.93. The minimum Gasteiger partial charge on any atom is -0.327 e. The van der Waals surface area contributed by atoms with Crippen LogP contribution in [0.15, 0.2) is 24.3 Å². The summed E-state index contributed by atoms with van der Waals surface area (Å²) in [7, 11) is 0. The van der Waals surface area contributed by atoms with Crippen molar-refractivity contribution in [3.05, 3.63) is 29.3 Å². The molecule has 1 aromatic heterocycles. The molecule has 0 bridgehead atoms. The second kappa shape index (κ2) is 4.15. The number of hydrogen-bond acceptors (Lipinski definition) is 3. The van der Waals surface area contributed by atoms with Crippen LogP contribution in [-0.4, -0.2) is 11.0 Å². The lowest BCUT2D eigenvalue weighted by molar-refractivity contribution is 0.260. The smallest absolute Gasteiger partial charge is 0.0954 e. The summed E-state index contributed by atoms with van der Waals surface area (Å²) in [4.78, 5) is 4.63. The van der Waals surface area contributed by atoms with E-state index >= 15 is 0 Å². The first-order valence-corrected chi connectivity index (χ1v) is 6.74. The Morgan fingerprint density at radius 1 is 1.38 bits per heavy atom. The van der Waals surface area contributed by atoms with E-state index in [-0.39, 0.29) is 0 Å². The number of para-hydroxylation sites is 1. The Hall–Kier alpha value is -0.930. The average molecular weight is 232 g/mol. The van der Waals surface area contributed by atoms with E-state index in [4.69, 9.17) is 5.73 Å². The van der Waals surface area contributed by atoms with Gasteiger partial charge in [-0.15, -0.1) is 11.3 Å². The highest BCUT2D eigenvalue weighted by molar-refractivity contribution is 7.18. The number of rotatable bonds is 3. The van der Waals surface area contributed by atoms with Crippen molar-refractivity contribution in [1.82, 2.24) is 4.98 Å². The average Bonchev–Trinajstić information content (AvgIpc) is 2.56. The minimum atomic E-state index is 0.314. The molecule has 1 aliphatic rings. The van der Waals surface area contributed by atoms with Gasteiger partial charge < -0.3 is 5.73 Å². The number of thiazole rings is 1. The van der Waals surface area contributed by atoms with Gasteiger partial charge in [0.05, 0.1) is 15.2 Å². The molecule has 2 aromatic rings. The van der Waals surface area contributed by atoms with E-state index in [0.717, 1.165) is 17.9 Å². The summed E-state index contributed by atoms with van der Waals surface area (Å²) in [5.74, 6) is 0.743. The van der Waals surface area contributed by atoms with Crippen molar-refractivity contribution in [2.24, 2.45) is 11.7 Å². The maximum absolute atomic E-state index is 6.20. The van der Waals surface area contributed by atoms with Crippen molar-refractivity contribution in [3.8, 4) is 0 Å². The topological polar surface area (TPSA) is 38.9 Å². The molecule has 0 radical (unpaired) electrons. The van der Waals surface area contributed by atoms with Gasteiger partial charge in [-0.2, -0.15) is 0 Å². The van der Waals surface area contributed by atoms with Gasteiger partial charge in [0, 0.05) is 12.5 Å². The summed E-state index contributed by atoms with van der Waals surface area (Å²) in [5.41, 5.74) is 7.31. The SMILES string of the molecule is NC(Cc1nc2ccccc2s1)C1CCC1. The predicted molar refractivity (Wildman–Crippen MR) is 68.6 cm³/mol. The molecule has 1 heterocycles. The fraction of sp³-hybridized carbons (Fsp3) is 0.462. The zero-order chi connectivity index (χ0) is 11.0. The normalized spacial score (nSPS) is 18.6. The molecule has 1 saturated carbocycles. The van der Waals surface area contributed by atoms with Crippen LogP contribution in [0.5, 0.6) is 0 Å². The van der Waals surface area contributed by atoms with Crippen LogP contribution in [0.3, 0.4) is 0 Å². The zero-order valence-corrected chi connectivity index (χ0v) is 10.0. The monoisotopic (exact) mass is 232 g/mol. The predicted octanol–water partition coefficient (Wildman–Crippen LogP) is 2.97. The van der Waals surface area contributed by atoms with Crippen molar-refractivity contribution in [2.45, 2.75) is 31.7 Å². The van der Waals surface area contributed by atoms with Gasteiger partial charge in [0.15, 0.2) is 0 Å². The molecular formula is C13H16N2S. The molecule has 0 saturated heterocycles. The standard InChI is InChI=1S/C13H16N2S/c14-10(9-4-3-5-9)8-13-15-11-6-1-2-7-12(11)16-13/h1-2,6-7,9-10H,3-5,8,14H2. The quantitative estimate of drug-likeness (QED) is 0.883. The number of fused-ring (bicyclic) bond motifs is 1. The minimum absolute atomic E-state index is 0.314. The fourth-order valence-corrected chi connectivity index (χ4v) is 3.28. The van der Waals surface area contributed by atoms with Crippen LogP contribution < -0.4 is 5.73 Å². The first-order chi connectivity index (χ1) is 7.83. The van der Waals surface area contributed by atoms with E-state index in [1.807, 2.05) is 6.07 Å². The maximum Gasteiger partial charge on any atom is 0.0954 e. The third kappa shape index (κ3) is 1.85. The molecule has 1 aromatic carbocycles. The van der Waals surface area contributed by atoms with Crippen LogP contribution in [0.2, 0.25) is 0 Å².